The largest absolute Gasteiger partial charge is 0.351 e. The van der Waals surface area contributed by atoms with Gasteiger partial charge in [-0.3, -0.25) is 14.9 Å². The zero-order valence-corrected chi connectivity index (χ0v) is 12.1. The number of halogens is 1. The molecular weight excluding hydrogens is 282 g/mol. The van der Waals surface area contributed by atoms with E-state index in [9.17, 15) is 14.9 Å². The third kappa shape index (κ3) is 2.90. The maximum Gasteiger partial charge on any atom is 0.300 e. The van der Waals surface area contributed by atoms with E-state index in [1.54, 1.807) is 0 Å². The van der Waals surface area contributed by atoms with E-state index in [-0.39, 0.29) is 21.8 Å². The Hall–Kier alpha value is -1.69. The Balaban J connectivity index is 2.13. The van der Waals surface area contributed by atoms with E-state index in [0.29, 0.717) is 12.5 Å². The maximum absolute atomic E-state index is 12.1. The van der Waals surface area contributed by atoms with Gasteiger partial charge in [-0.05, 0) is 30.2 Å². The number of pyridine rings is 1. The van der Waals surface area contributed by atoms with Crippen molar-refractivity contribution < 1.29 is 9.72 Å². The number of amides is 1. The topological polar surface area (TPSA) is 85.1 Å². The van der Waals surface area contributed by atoms with Crippen LogP contribution in [0.2, 0.25) is 5.15 Å². The molecule has 2 rings (SSSR count). The van der Waals surface area contributed by atoms with Crippen LogP contribution in [0.3, 0.4) is 0 Å². The van der Waals surface area contributed by atoms with Gasteiger partial charge in [0.1, 0.15) is 16.9 Å². The number of rotatable bonds is 5. The van der Waals surface area contributed by atoms with E-state index in [0.717, 1.165) is 19.0 Å². The van der Waals surface area contributed by atoms with Crippen LogP contribution in [0.4, 0.5) is 5.69 Å². The minimum atomic E-state index is -0.631. The number of nitrogens with zero attached hydrogens (tertiary/aromatic N) is 2. The molecule has 1 aromatic rings. The number of nitro groups is 1. The minimum Gasteiger partial charge on any atom is -0.351 e. The van der Waals surface area contributed by atoms with Gasteiger partial charge in [0.15, 0.2) is 0 Å². The molecule has 1 heterocycles. The molecule has 1 saturated carbocycles. The van der Waals surface area contributed by atoms with Crippen molar-refractivity contribution >= 4 is 23.2 Å². The zero-order chi connectivity index (χ0) is 14.9. The Bertz CT molecular complexity index is 556. The Morgan fingerprint density at radius 2 is 2.25 bits per heavy atom. The predicted octanol–water partition coefficient (Wildman–Crippen LogP) is 2.81. The Morgan fingerprint density at radius 3 is 2.75 bits per heavy atom. The lowest BCUT2D eigenvalue weighted by Gasteiger charge is -2.19. The SMILES string of the molecule is CC(C)C1(CNC(=O)c2cc(Cl)ncc2[N+](=O)[O-])CC1. The second kappa shape index (κ2) is 5.36. The lowest BCUT2D eigenvalue weighted by molar-refractivity contribution is -0.385. The van der Waals surface area contributed by atoms with Gasteiger partial charge in [0, 0.05) is 6.54 Å². The van der Waals surface area contributed by atoms with Crippen LogP contribution >= 0.6 is 11.6 Å². The number of carbonyl (C=O) groups excluding carboxylic acids is 1. The van der Waals surface area contributed by atoms with Crippen molar-refractivity contribution in [2.45, 2.75) is 26.7 Å². The van der Waals surface area contributed by atoms with Crippen molar-refractivity contribution in [2.24, 2.45) is 11.3 Å². The molecule has 0 saturated heterocycles. The van der Waals surface area contributed by atoms with Crippen molar-refractivity contribution in [3.63, 3.8) is 0 Å². The summed E-state index contributed by atoms with van der Waals surface area (Å²) in [5.74, 6) is -0.00765. The molecule has 1 amide bonds. The van der Waals surface area contributed by atoms with Crippen molar-refractivity contribution in [2.75, 3.05) is 6.54 Å². The van der Waals surface area contributed by atoms with Crippen molar-refractivity contribution in [3.8, 4) is 0 Å². The van der Waals surface area contributed by atoms with Crippen LogP contribution in [-0.2, 0) is 0 Å². The van der Waals surface area contributed by atoms with Gasteiger partial charge in [-0.2, -0.15) is 0 Å². The maximum atomic E-state index is 12.1. The van der Waals surface area contributed by atoms with Crippen LogP contribution < -0.4 is 5.32 Å². The highest BCUT2D eigenvalue weighted by atomic mass is 35.5. The summed E-state index contributed by atoms with van der Waals surface area (Å²) in [5.41, 5.74) is -0.239. The van der Waals surface area contributed by atoms with Crippen LogP contribution in [0.1, 0.15) is 37.0 Å². The van der Waals surface area contributed by atoms with Crippen LogP contribution in [0, 0.1) is 21.4 Å². The molecule has 0 atom stereocenters. The number of nitrogens with one attached hydrogen (secondary N) is 1. The first-order chi connectivity index (χ1) is 9.35. The van der Waals surface area contributed by atoms with E-state index >= 15 is 0 Å². The Labute approximate surface area is 121 Å². The van der Waals surface area contributed by atoms with Gasteiger partial charge in [-0.15, -0.1) is 0 Å². The molecule has 0 aliphatic heterocycles. The van der Waals surface area contributed by atoms with Crippen molar-refractivity contribution in [1.29, 1.82) is 0 Å². The lowest BCUT2D eigenvalue weighted by atomic mass is 9.92. The van der Waals surface area contributed by atoms with Gasteiger partial charge in [-0.1, -0.05) is 25.4 Å². The van der Waals surface area contributed by atoms with Gasteiger partial charge in [0.25, 0.3) is 11.6 Å². The second-order valence-corrected chi connectivity index (χ2v) is 5.87. The number of hydrogen-bond donors (Lipinski definition) is 1. The van der Waals surface area contributed by atoms with E-state index in [1.807, 2.05) is 0 Å². The highest BCUT2D eigenvalue weighted by Crippen LogP contribution is 2.51. The van der Waals surface area contributed by atoms with E-state index in [2.05, 4.69) is 24.1 Å². The minimum absolute atomic E-state index is 0.0467. The zero-order valence-electron chi connectivity index (χ0n) is 11.4. The monoisotopic (exact) mass is 297 g/mol. The first-order valence-corrected chi connectivity index (χ1v) is 6.82. The summed E-state index contributed by atoms with van der Waals surface area (Å²) >= 11 is 5.70. The van der Waals surface area contributed by atoms with Gasteiger partial charge in [0.2, 0.25) is 0 Å². The van der Waals surface area contributed by atoms with Crippen molar-refractivity contribution in [1.82, 2.24) is 10.3 Å². The fourth-order valence-electron chi connectivity index (χ4n) is 2.22. The van der Waals surface area contributed by atoms with Gasteiger partial charge >= 0.3 is 0 Å². The van der Waals surface area contributed by atoms with E-state index in [4.69, 9.17) is 11.6 Å². The Kier molecular flexibility index (Phi) is 3.94. The molecule has 0 aromatic carbocycles. The normalized spacial score (nSPS) is 16.0. The Morgan fingerprint density at radius 1 is 1.60 bits per heavy atom. The first-order valence-electron chi connectivity index (χ1n) is 6.44. The third-order valence-electron chi connectivity index (χ3n) is 4.01. The summed E-state index contributed by atoms with van der Waals surface area (Å²) in [6.45, 7) is 4.76. The summed E-state index contributed by atoms with van der Waals surface area (Å²) in [6, 6.07) is 1.23. The number of aromatic nitrogens is 1. The summed E-state index contributed by atoms with van der Waals surface area (Å²) in [7, 11) is 0. The predicted molar refractivity (Wildman–Crippen MR) is 74.7 cm³/mol. The average molecular weight is 298 g/mol. The van der Waals surface area contributed by atoms with Crippen LogP contribution in [0.25, 0.3) is 0 Å². The summed E-state index contributed by atoms with van der Waals surface area (Å²) in [5, 5.41) is 13.7. The summed E-state index contributed by atoms with van der Waals surface area (Å²) in [4.78, 5) is 26.0. The highest BCUT2D eigenvalue weighted by molar-refractivity contribution is 6.29. The number of carbonyl (C=O) groups is 1. The summed E-state index contributed by atoms with van der Waals surface area (Å²) < 4.78 is 0. The lowest BCUT2D eigenvalue weighted by Crippen LogP contribution is -2.33. The molecule has 0 spiro atoms. The molecular formula is C13H16ClN3O3. The van der Waals surface area contributed by atoms with Gasteiger partial charge in [-0.25, -0.2) is 4.98 Å². The summed E-state index contributed by atoms with van der Waals surface area (Å²) in [6.07, 6.45) is 3.15. The molecule has 6 nitrogen and oxygen atoms in total. The van der Waals surface area contributed by atoms with Crippen molar-refractivity contribution in [3.05, 3.63) is 33.1 Å². The molecule has 0 unspecified atom stereocenters. The van der Waals surface area contributed by atoms with Gasteiger partial charge < -0.3 is 5.32 Å². The molecule has 20 heavy (non-hydrogen) atoms. The van der Waals surface area contributed by atoms with Crippen LogP contribution in [-0.4, -0.2) is 22.4 Å². The van der Waals surface area contributed by atoms with E-state index in [1.165, 1.54) is 6.07 Å². The van der Waals surface area contributed by atoms with E-state index < -0.39 is 10.8 Å². The molecule has 0 radical (unpaired) electrons. The average Bonchev–Trinajstić information content (AvgIpc) is 3.16. The molecule has 1 fully saturated rings. The fourth-order valence-corrected chi connectivity index (χ4v) is 2.38. The molecule has 7 heteroatoms. The molecule has 0 bridgehead atoms. The van der Waals surface area contributed by atoms with Crippen LogP contribution in [0.15, 0.2) is 12.3 Å². The standard InChI is InChI=1S/C13H16ClN3O3/c1-8(2)13(3-4-13)7-16-12(18)9-5-11(14)15-6-10(9)17(19)20/h5-6,8H,3-4,7H2,1-2H3,(H,16,18). The highest BCUT2D eigenvalue weighted by Gasteiger charge is 2.45. The molecule has 1 aliphatic rings. The molecule has 108 valence electrons. The van der Waals surface area contributed by atoms with Gasteiger partial charge in [0.05, 0.1) is 4.92 Å². The van der Waals surface area contributed by atoms with Crippen LogP contribution in [0.5, 0.6) is 0 Å². The fraction of sp³-hybridized carbons (Fsp3) is 0.538. The molecule has 1 aliphatic carbocycles. The first kappa shape index (κ1) is 14.7. The smallest absolute Gasteiger partial charge is 0.300 e. The second-order valence-electron chi connectivity index (χ2n) is 5.48. The third-order valence-corrected chi connectivity index (χ3v) is 4.22. The molecule has 1 aromatic heterocycles. The molecule has 1 N–H and O–H groups in total. The quantitative estimate of drug-likeness (QED) is 0.514. The number of hydrogen-bond acceptors (Lipinski definition) is 4.